The van der Waals surface area contributed by atoms with E-state index in [1.54, 1.807) is 36.4 Å². The predicted octanol–water partition coefficient (Wildman–Crippen LogP) is 3.78. The number of nitrogens with zero attached hydrogens (tertiary/aromatic N) is 2. The number of oxazole rings is 1. The third kappa shape index (κ3) is 3.19. The van der Waals surface area contributed by atoms with Crippen molar-refractivity contribution in [1.82, 2.24) is 14.5 Å². The number of aromatic amines is 1. The number of aromatic nitrogens is 3. The van der Waals surface area contributed by atoms with Gasteiger partial charge < -0.3 is 14.7 Å². The molecule has 0 spiro atoms. The Bertz CT molecular complexity index is 1360. The lowest BCUT2D eigenvalue weighted by molar-refractivity contribution is -0.116. The van der Waals surface area contributed by atoms with Crippen LogP contribution in [-0.2, 0) is 11.3 Å². The van der Waals surface area contributed by atoms with E-state index in [0.29, 0.717) is 16.8 Å². The highest BCUT2D eigenvalue weighted by molar-refractivity contribution is 5.91. The van der Waals surface area contributed by atoms with Gasteiger partial charge in [-0.3, -0.25) is 9.36 Å². The average Bonchev–Trinajstić information content (AvgIpc) is 3.30. The standard InChI is InChI=1S/C22H16N4O3/c27-20(13-26-18-7-3-4-8-19(18)29-22(26)28)23-15-11-9-14(10-12-15)21-24-16-5-1-2-6-17(16)25-21/h1-12H,13H2,(H,23,27)(H,24,25). The molecule has 0 atom stereocenters. The minimum absolute atomic E-state index is 0.124. The first kappa shape index (κ1) is 17.0. The van der Waals surface area contributed by atoms with Crippen molar-refractivity contribution in [3.05, 3.63) is 83.3 Å². The predicted molar refractivity (Wildman–Crippen MR) is 111 cm³/mol. The van der Waals surface area contributed by atoms with Gasteiger partial charge in [0.2, 0.25) is 5.91 Å². The number of anilines is 1. The fourth-order valence-electron chi connectivity index (χ4n) is 3.31. The van der Waals surface area contributed by atoms with Crippen molar-refractivity contribution in [3.63, 3.8) is 0 Å². The van der Waals surface area contributed by atoms with Crippen molar-refractivity contribution in [1.29, 1.82) is 0 Å². The number of amides is 1. The minimum Gasteiger partial charge on any atom is -0.408 e. The molecule has 0 bridgehead atoms. The number of fused-ring (bicyclic) bond motifs is 2. The quantitative estimate of drug-likeness (QED) is 0.493. The van der Waals surface area contributed by atoms with E-state index in [0.717, 1.165) is 22.4 Å². The van der Waals surface area contributed by atoms with E-state index < -0.39 is 5.76 Å². The first-order valence-electron chi connectivity index (χ1n) is 9.11. The molecule has 0 aliphatic carbocycles. The van der Waals surface area contributed by atoms with Crippen LogP contribution in [0.25, 0.3) is 33.5 Å². The van der Waals surface area contributed by atoms with Crippen LogP contribution in [0.5, 0.6) is 0 Å². The molecule has 7 nitrogen and oxygen atoms in total. The Labute approximate surface area is 164 Å². The van der Waals surface area contributed by atoms with Gasteiger partial charge in [-0.15, -0.1) is 0 Å². The summed E-state index contributed by atoms with van der Waals surface area (Å²) in [5.74, 6) is -0.0998. The number of para-hydroxylation sites is 4. The SMILES string of the molecule is O=C(Cn1c(=O)oc2ccccc21)Nc1ccc(-c2nc3ccccc3[nH]2)cc1. The van der Waals surface area contributed by atoms with Crippen molar-refractivity contribution in [2.24, 2.45) is 0 Å². The molecule has 2 heterocycles. The Kier molecular flexibility index (Phi) is 3.98. The van der Waals surface area contributed by atoms with Gasteiger partial charge in [-0.1, -0.05) is 24.3 Å². The van der Waals surface area contributed by atoms with Crippen LogP contribution >= 0.6 is 0 Å². The summed E-state index contributed by atoms with van der Waals surface area (Å²) in [6.07, 6.45) is 0. The van der Waals surface area contributed by atoms with E-state index in [4.69, 9.17) is 4.42 Å². The second-order valence-corrected chi connectivity index (χ2v) is 6.65. The number of rotatable bonds is 4. The minimum atomic E-state index is -0.554. The molecule has 5 rings (SSSR count). The molecule has 142 valence electrons. The van der Waals surface area contributed by atoms with Crippen LogP contribution in [0.2, 0.25) is 0 Å². The molecule has 0 aliphatic heterocycles. The maximum absolute atomic E-state index is 12.4. The Hall–Kier alpha value is -4.13. The van der Waals surface area contributed by atoms with Gasteiger partial charge in [-0.05, 0) is 48.5 Å². The first-order chi connectivity index (χ1) is 14.2. The summed E-state index contributed by atoms with van der Waals surface area (Å²) in [4.78, 5) is 32.3. The molecule has 2 aromatic heterocycles. The monoisotopic (exact) mass is 384 g/mol. The molecule has 3 aromatic carbocycles. The number of hydrogen-bond donors (Lipinski definition) is 2. The van der Waals surface area contributed by atoms with E-state index in [1.807, 2.05) is 36.4 Å². The molecule has 29 heavy (non-hydrogen) atoms. The Morgan fingerprint density at radius 2 is 1.76 bits per heavy atom. The highest BCUT2D eigenvalue weighted by atomic mass is 16.4. The summed E-state index contributed by atoms with van der Waals surface area (Å²) >= 11 is 0. The summed E-state index contributed by atoms with van der Waals surface area (Å²) in [5, 5.41) is 2.81. The van der Waals surface area contributed by atoms with Crippen molar-refractivity contribution in [2.45, 2.75) is 6.54 Å². The number of carbonyl (C=O) groups is 1. The lowest BCUT2D eigenvalue weighted by atomic mass is 10.2. The van der Waals surface area contributed by atoms with E-state index in [9.17, 15) is 9.59 Å². The zero-order valence-electron chi connectivity index (χ0n) is 15.3. The van der Waals surface area contributed by atoms with Crippen molar-refractivity contribution < 1.29 is 9.21 Å². The van der Waals surface area contributed by atoms with Gasteiger partial charge in [0.15, 0.2) is 5.58 Å². The molecular weight excluding hydrogens is 368 g/mol. The van der Waals surface area contributed by atoms with Crippen LogP contribution in [-0.4, -0.2) is 20.4 Å². The zero-order chi connectivity index (χ0) is 19.8. The second kappa shape index (κ2) is 6.79. The topological polar surface area (TPSA) is 92.9 Å². The van der Waals surface area contributed by atoms with Gasteiger partial charge in [0.25, 0.3) is 0 Å². The zero-order valence-corrected chi connectivity index (χ0v) is 15.3. The van der Waals surface area contributed by atoms with Crippen LogP contribution in [0.4, 0.5) is 5.69 Å². The molecule has 0 unspecified atom stereocenters. The van der Waals surface area contributed by atoms with Gasteiger partial charge in [-0.2, -0.15) is 0 Å². The second-order valence-electron chi connectivity index (χ2n) is 6.65. The number of carbonyl (C=O) groups excluding carboxylic acids is 1. The van der Waals surface area contributed by atoms with Crippen molar-refractivity contribution in [2.75, 3.05) is 5.32 Å². The van der Waals surface area contributed by atoms with Gasteiger partial charge in [0.1, 0.15) is 12.4 Å². The molecule has 0 fully saturated rings. The fraction of sp³-hybridized carbons (Fsp3) is 0.0455. The molecule has 5 aromatic rings. The van der Waals surface area contributed by atoms with Crippen LogP contribution in [0.15, 0.2) is 82.0 Å². The summed E-state index contributed by atoms with van der Waals surface area (Å²) in [7, 11) is 0. The molecule has 0 radical (unpaired) electrons. The lowest BCUT2D eigenvalue weighted by Gasteiger charge is -2.06. The van der Waals surface area contributed by atoms with E-state index in [-0.39, 0.29) is 12.5 Å². The number of H-pyrrole nitrogens is 1. The average molecular weight is 384 g/mol. The first-order valence-corrected chi connectivity index (χ1v) is 9.11. The van der Waals surface area contributed by atoms with Crippen LogP contribution in [0, 0.1) is 0 Å². The number of hydrogen-bond acceptors (Lipinski definition) is 4. The third-order valence-corrected chi connectivity index (χ3v) is 4.71. The van der Waals surface area contributed by atoms with Gasteiger partial charge in [0, 0.05) is 11.3 Å². The van der Waals surface area contributed by atoms with Gasteiger partial charge >= 0.3 is 5.76 Å². The van der Waals surface area contributed by atoms with Gasteiger partial charge in [0.05, 0.1) is 16.6 Å². The van der Waals surface area contributed by atoms with E-state index in [2.05, 4.69) is 15.3 Å². The van der Waals surface area contributed by atoms with Crippen molar-refractivity contribution in [3.8, 4) is 11.4 Å². The Balaban J connectivity index is 1.33. The molecule has 0 saturated heterocycles. The third-order valence-electron chi connectivity index (χ3n) is 4.71. The van der Waals surface area contributed by atoms with E-state index in [1.165, 1.54) is 4.57 Å². The van der Waals surface area contributed by atoms with Crippen LogP contribution < -0.4 is 11.1 Å². The highest BCUT2D eigenvalue weighted by Gasteiger charge is 2.12. The molecule has 2 N–H and O–H groups in total. The molecule has 0 aliphatic rings. The fourth-order valence-corrected chi connectivity index (χ4v) is 3.31. The summed E-state index contributed by atoms with van der Waals surface area (Å²) < 4.78 is 6.47. The molecule has 0 saturated carbocycles. The maximum Gasteiger partial charge on any atom is 0.420 e. The summed E-state index contributed by atoms with van der Waals surface area (Å²) in [5.41, 5.74) is 4.47. The number of imidazole rings is 1. The smallest absolute Gasteiger partial charge is 0.408 e. The highest BCUT2D eigenvalue weighted by Crippen LogP contribution is 2.22. The van der Waals surface area contributed by atoms with Crippen molar-refractivity contribution >= 4 is 33.7 Å². The largest absolute Gasteiger partial charge is 0.420 e. The molecular formula is C22H16N4O3. The van der Waals surface area contributed by atoms with Gasteiger partial charge in [-0.25, -0.2) is 9.78 Å². The Morgan fingerprint density at radius 1 is 1.00 bits per heavy atom. The lowest BCUT2D eigenvalue weighted by Crippen LogP contribution is -2.24. The summed E-state index contributed by atoms with van der Waals surface area (Å²) in [6.45, 7) is -0.124. The molecule has 7 heteroatoms. The van der Waals surface area contributed by atoms with E-state index >= 15 is 0 Å². The Morgan fingerprint density at radius 3 is 2.59 bits per heavy atom. The number of benzene rings is 3. The number of nitrogens with one attached hydrogen (secondary N) is 2. The normalized spacial score (nSPS) is 11.2. The maximum atomic E-state index is 12.4. The van der Waals surface area contributed by atoms with Crippen LogP contribution in [0.1, 0.15) is 0 Å². The molecule has 1 amide bonds. The summed E-state index contributed by atoms with van der Waals surface area (Å²) in [6, 6.07) is 22.2. The van der Waals surface area contributed by atoms with Crippen LogP contribution in [0.3, 0.4) is 0 Å².